The summed E-state index contributed by atoms with van der Waals surface area (Å²) in [4.78, 5) is 2.12. The highest BCUT2D eigenvalue weighted by atomic mass is 32.3. The molecule has 0 bridgehead atoms. The Morgan fingerprint density at radius 3 is 1.62 bits per heavy atom. The van der Waals surface area contributed by atoms with Crippen molar-refractivity contribution in [2.75, 3.05) is 20.1 Å². The maximum absolute atomic E-state index is 8.74. The van der Waals surface area contributed by atoms with Crippen LogP contribution < -0.4 is 0 Å². The number of rotatable bonds is 4. The number of likely N-dealkylation sites (N-methyl/N-ethyl adjacent to an activating group) is 1. The number of hydrogen-bond acceptors (Lipinski definition) is 3. The van der Waals surface area contributed by atoms with Crippen molar-refractivity contribution in [3.63, 3.8) is 0 Å². The fraction of sp³-hybridized carbons (Fsp3) is 0.429. The highest BCUT2D eigenvalue weighted by molar-refractivity contribution is 7.79. The molecule has 0 rings (SSSR count). The van der Waals surface area contributed by atoms with E-state index in [2.05, 4.69) is 18.1 Å². The van der Waals surface area contributed by atoms with Crippen molar-refractivity contribution in [3.8, 4) is 0 Å². The predicted octanol–water partition coefficient (Wildman–Crippen LogP) is 0.637. The molecule has 0 unspecified atom stereocenters. The Morgan fingerprint density at radius 2 is 1.46 bits per heavy atom. The van der Waals surface area contributed by atoms with Gasteiger partial charge in [-0.1, -0.05) is 12.2 Å². The molecule has 0 aromatic carbocycles. The monoisotopic (exact) mass is 209 g/mol. The molecular formula is C7H15NO4S. The Labute approximate surface area is 78.9 Å². The molecule has 78 valence electrons. The molecule has 0 fully saturated rings. The van der Waals surface area contributed by atoms with Crippen molar-refractivity contribution in [2.45, 2.75) is 0 Å². The smallest absolute Gasteiger partial charge is 0.299 e. The van der Waals surface area contributed by atoms with E-state index < -0.39 is 10.4 Å². The highest BCUT2D eigenvalue weighted by Crippen LogP contribution is 1.80. The number of hydrogen-bond donors (Lipinski definition) is 2. The zero-order chi connectivity index (χ0) is 10.9. The van der Waals surface area contributed by atoms with E-state index in [0.717, 1.165) is 13.1 Å². The van der Waals surface area contributed by atoms with Crippen LogP contribution in [0.3, 0.4) is 0 Å². The van der Waals surface area contributed by atoms with E-state index in [-0.39, 0.29) is 0 Å². The van der Waals surface area contributed by atoms with E-state index >= 15 is 0 Å². The lowest BCUT2D eigenvalue weighted by Crippen LogP contribution is -2.17. The summed E-state index contributed by atoms with van der Waals surface area (Å²) in [5.41, 5.74) is 0. The van der Waals surface area contributed by atoms with E-state index in [9.17, 15) is 0 Å². The van der Waals surface area contributed by atoms with Gasteiger partial charge in [-0.25, -0.2) is 0 Å². The molecule has 2 N–H and O–H groups in total. The van der Waals surface area contributed by atoms with Gasteiger partial charge < -0.3 is 0 Å². The van der Waals surface area contributed by atoms with Crippen LogP contribution in [0.2, 0.25) is 0 Å². The third-order valence-electron chi connectivity index (χ3n) is 0.882. The summed E-state index contributed by atoms with van der Waals surface area (Å²) < 4.78 is 31.6. The first kappa shape index (κ1) is 14.8. The summed E-state index contributed by atoms with van der Waals surface area (Å²) in [6.45, 7) is 9.09. The first-order valence-corrected chi connectivity index (χ1v) is 4.81. The zero-order valence-corrected chi connectivity index (χ0v) is 8.37. The van der Waals surface area contributed by atoms with Crippen LogP contribution in [0, 0.1) is 0 Å². The summed E-state index contributed by atoms with van der Waals surface area (Å²) in [5, 5.41) is 0. The van der Waals surface area contributed by atoms with Crippen molar-refractivity contribution in [1.82, 2.24) is 4.90 Å². The van der Waals surface area contributed by atoms with Crippen LogP contribution in [0.4, 0.5) is 0 Å². The summed E-state index contributed by atoms with van der Waals surface area (Å²) in [6, 6.07) is 0. The van der Waals surface area contributed by atoms with Gasteiger partial charge in [0.2, 0.25) is 0 Å². The van der Waals surface area contributed by atoms with Gasteiger partial charge in [-0.2, -0.15) is 8.42 Å². The van der Waals surface area contributed by atoms with Gasteiger partial charge in [0.15, 0.2) is 0 Å². The molecule has 0 saturated carbocycles. The maximum Gasteiger partial charge on any atom is 0.394 e. The lowest BCUT2D eigenvalue weighted by Gasteiger charge is -2.09. The fourth-order valence-corrected chi connectivity index (χ4v) is 0.515. The minimum atomic E-state index is -4.67. The van der Waals surface area contributed by atoms with E-state index in [1.165, 1.54) is 0 Å². The van der Waals surface area contributed by atoms with Crippen molar-refractivity contribution in [2.24, 2.45) is 0 Å². The zero-order valence-electron chi connectivity index (χ0n) is 7.55. The molecule has 0 aromatic heterocycles. The molecule has 5 nitrogen and oxygen atoms in total. The minimum Gasteiger partial charge on any atom is -0.299 e. The Morgan fingerprint density at radius 1 is 1.23 bits per heavy atom. The molecule has 13 heavy (non-hydrogen) atoms. The normalized spacial score (nSPS) is 10.2. The van der Waals surface area contributed by atoms with Gasteiger partial charge in [-0.15, -0.1) is 13.2 Å². The average Bonchev–Trinajstić information content (AvgIpc) is 1.84. The molecule has 0 aromatic rings. The van der Waals surface area contributed by atoms with Gasteiger partial charge in [0.25, 0.3) is 0 Å². The van der Waals surface area contributed by atoms with Crippen molar-refractivity contribution >= 4 is 10.4 Å². The Bertz CT molecular complexity index is 217. The molecule has 0 aliphatic heterocycles. The molecule has 0 heterocycles. The van der Waals surface area contributed by atoms with Gasteiger partial charge in [-0.3, -0.25) is 14.0 Å². The predicted molar refractivity (Wildman–Crippen MR) is 52.1 cm³/mol. The molecule has 0 radical (unpaired) electrons. The summed E-state index contributed by atoms with van der Waals surface area (Å²) >= 11 is 0. The van der Waals surface area contributed by atoms with E-state index in [4.69, 9.17) is 17.5 Å². The number of nitrogens with zero attached hydrogens (tertiary/aromatic N) is 1. The van der Waals surface area contributed by atoms with Gasteiger partial charge in [0.05, 0.1) is 0 Å². The van der Waals surface area contributed by atoms with E-state index in [1.807, 2.05) is 19.2 Å². The van der Waals surface area contributed by atoms with E-state index in [0.29, 0.717) is 0 Å². The molecule has 0 spiro atoms. The SMILES string of the molecule is C=CCN(C)CC=C.O=S(=O)(O)O. The topological polar surface area (TPSA) is 77.8 Å². The van der Waals surface area contributed by atoms with Crippen LogP contribution in [0.15, 0.2) is 25.3 Å². The quantitative estimate of drug-likeness (QED) is 0.524. The lowest BCUT2D eigenvalue weighted by molar-refractivity contribution is 0.381. The summed E-state index contributed by atoms with van der Waals surface area (Å²) in [6.07, 6.45) is 3.76. The van der Waals surface area contributed by atoms with Crippen molar-refractivity contribution in [3.05, 3.63) is 25.3 Å². The van der Waals surface area contributed by atoms with Crippen LogP contribution in [-0.2, 0) is 10.4 Å². The molecule has 0 aliphatic rings. The standard InChI is InChI=1S/C7H13N.H2O4S/c1-4-6-8(3)7-5-2;1-5(2,3)4/h4-5H,1-2,6-7H2,3H3;(H2,1,2,3,4). The Hall–Kier alpha value is -0.690. The summed E-state index contributed by atoms with van der Waals surface area (Å²) in [5.74, 6) is 0. The molecular weight excluding hydrogens is 194 g/mol. The average molecular weight is 209 g/mol. The molecule has 0 amide bonds. The Kier molecular flexibility index (Phi) is 9.04. The Balaban J connectivity index is 0. The van der Waals surface area contributed by atoms with Crippen molar-refractivity contribution < 1.29 is 17.5 Å². The highest BCUT2D eigenvalue weighted by Gasteiger charge is 1.86. The fourth-order valence-electron chi connectivity index (χ4n) is 0.515. The molecule has 0 aliphatic carbocycles. The second kappa shape index (κ2) is 7.93. The molecule has 6 heteroatoms. The lowest BCUT2D eigenvalue weighted by atomic mass is 10.5. The van der Waals surface area contributed by atoms with E-state index in [1.54, 1.807) is 0 Å². The first-order chi connectivity index (χ1) is 5.81. The van der Waals surface area contributed by atoms with Gasteiger partial charge in [0, 0.05) is 13.1 Å². The van der Waals surface area contributed by atoms with Gasteiger partial charge in [0.1, 0.15) is 0 Å². The van der Waals surface area contributed by atoms with Crippen LogP contribution in [-0.4, -0.2) is 42.6 Å². The maximum atomic E-state index is 8.74. The van der Waals surface area contributed by atoms with Gasteiger partial charge >= 0.3 is 10.4 Å². The van der Waals surface area contributed by atoms with Gasteiger partial charge in [-0.05, 0) is 7.05 Å². The second-order valence-corrected chi connectivity index (χ2v) is 3.14. The minimum absolute atomic E-state index is 0.937. The molecule has 0 atom stereocenters. The van der Waals surface area contributed by atoms with Crippen LogP contribution in [0.1, 0.15) is 0 Å². The third-order valence-corrected chi connectivity index (χ3v) is 0.882. The van der Waals surface area contributed by atoms with Crippen LogP contribution in [0.5, 0.6) is 0 Å². The first-order valence-electron chi connectivity index (χ1n) is 3.41. The second-order valence-electron chi connectivity index (χ2n) is 2.25. The van der Waals surface area contributed by atoms with Crippen LogP contribution in [0.25, 0.3) is 0 Å². The largest absolute Gasteiger partial charge is 0.394 e. The molecule has 0 saturated heterocycles. The van der Waals surface area contributed by atoms with Crippen LogP contribution >= 0.6 is 0 Å². The summed E-state index contributed by atoms with van der Waals surface area (Å²) in [7, 11) is -2.64. The van der Waals surface area contributed by atoms with Crippen molar-refractivity contribution in [1.29, 1.82) is 0 Å². The third kappa shape index (κ3) is 34.8.